The van der Waals surface area contributed by atoms with E-state index < -0.39 is 11.4 Å². The summed E-state index contributed by atoms with van der Waals surface area (Å²) < 4.78 is 19.5. The van der Waals surface area contributed by atoms with Gasteiger partial charge in [-0.15, -0.1) is 26.3 Å². The highest BCUT2D eigenvalue weighted by molar-refractivity contribution is 14.1. The van der Waals surface area contributed by atoms with Crippen LogP contribution in [0.25, 0.3) is 16.7 Å². The van der Waals surface area contributed by atoms with Crippen molar-refractivity contribution in [3.8, 4) is 0 Å². The molecule has 0 bridgehead atoms. The molecule has 0 radical (unpaired) electrons. The molecule has 1 spiro atoms. The van der Waals surface area contributed by atoms with Crippen molar-refractivity contribution in [3.05, 3.63) is 25.1 Å². The fraction of sp³-hybridized carbons (Fsp3) is 0.550. The Hall–Kier alpha value is -1.26. The van der Waals surface area contributed by atoms with Crippen molar-refractivity contribution in [2.45, 2.75) is 50.8 Å². The molecule has 1 aliphatic carbocycles. The van der Waals surface area contributed by atoms with Gasteiger partial charge in [-0.1, -0.05) is 11.6 Å². The molecule has 2 atom stereocenters. The molecule has 2 N–H and O–H groups in total. The van der Waals surface area contributed by atoms with Gasteiger partial charge in [0.1, 0.15) is 20.8 Å². The van der Waals surface area contributed by atoms with Gasteiger partial charge in [-0.2, -0.15) is 10.1 Å². The topological polar surface area (TPSA) is 123 Å². The number of nitrogens with one attached hydrogen (secondary N) is 2. The average molecular weight is 632 g/mol. The first-order valence-corrected chi connectivity index (χ1v) is 14.4. The van der Waals surface area contributed by atoms with Gasteiger partial charge in [-0.25, -0.2) is 4.98 Å². The summed E-state index contributed by atoms with van der Waals surface area (Å²) in [5, 5.41) is 16.7. The maximum Gasteiger partial charge on any atom is 0.214 e. The van der Waals surface area contributed by atoms with Crippen LogP contribution in [0.5, 0.6) is 0 Å². The summed E-state index contributed by atoms with van der Waals surface area (Å²) in [7, 11) is 0. The summed E-state index contributed by atoms with van der Waals surface area (Å²) in [6.45, 7) is 7.56. The molecule has 4 aromatic heterocycles. The van der Waals surface area contributed by atoms with E-state index in [4.69, 9.17) is 16.6 Å². The highest BCUT2D eigenvalue weighted by atomic mass is 127. The first kappa shape index (κ1) is 23.2. The molecular formula is C20H23ClIN9OS2. The number of fused-ring (bicyclic) bond motifs is 4. The fourth-order valence-corrected chi connectivity index (χ4v) is 7.87. The molecular weight excluding hydrogens is 609 g/mol. The van der Waals surface area contributed by atoms with Crippen LogP contribution in [0.15, 0.2) is 6.33 Å². The van der Waals surface area contributed by atoms with E-state index in [0.29, 0.717) is 10.1 Å². The summed E-state index contributed by atoms with van der Waals surface area (Å²) in [5.41, 5.74) is 2.30. The van der Waals surface area contributed by atoms with Gasteiger partial charge in [0.2, 0.25) is 5.95 Å². The van der Waals surface area contributed by atoms with E-state index in [-0.39, 0.29) is 16.2 Å². The number of piperidine rings is 1. The smallest absolute Gasteiger partial charge is 0.214 e. The Balaban J connectivity index is 1.31. The largest absolute Gasteiger partial charge is 0.598 e. The molecule has 10 nitrogen and oxygen atoms in total. The molecule has 34 heavy (non-hydrogen) atoms. The molecule has 14 heteroatoms. The normalized spacial score (nSPS) is 21.1. The van der Waals surface area contributed by atoms with Crippen LogP contribution in [-0.2, 0) is 17.8 Å². The SMILES string of the molecule is CC(C)(C)[S+]([O-])N[C@@H]1c2nc(Cl)sc2CC12CCN(c1nc3n[nH]c(I)c3c3nncn13)CC2. The molecule has 180 valence electrons. The monoisotopic (exact) mass is 631 g/mol. The predicted molar refractivity (Wildman–Crippen MR) is 142 cm³/mol. The third-order valence-electron chi connectivity index (χ3n) is 6.82. The Kier molecular flexibility index (Phi) is 5.54. The van der Waals surface area contributed by atoms with Crippen molar-refractivity contribution in [3.63, 3.8) is 0 Å². The maximum absolute atomic E-state index is 13.1. The van der Waals surface area contributed by atoms with Crippen LogP contribution < -0.4 is 9.62 Å². The molecule has 1 fully saturated rings. The van der Waals surface area contributed by atoms with Crippen molar-refractivity contribution in [2.75, 3.05) is 18.0 Å². The minimum Gasteiger partial charge on any atom is -0.598 e. The van der Waals surface area contributed by atoms with Crippen LogP contribution in [0, 0.1) is 9.12 Å². The van der Waals surface area contributed by atoms with Crippen molar-refractivity contribution in [2.24, 2.45) is 5.41 Å². The van der Waals surface area contributed by atoms with Gasteiger partial charge in [0.05, 0.1) is 11.1 Å². The van der Waals surface area contributed by atoms with Crippen molar-refractivity contribution in [1.29, 1.82) is 0 Å². The lowest BCUT2D eigenvalue weighted by Crippen LogP contribution is -2.50. The van der Waals surface area contributed by atoms with Gasteiger partial charge in [0.25, 0.3) is 0 Å². The Morgan fingerprint density at radius 1 is 1.32 bits per heavy atom. The second kappa shape index (κ2) is 8.13. The van der Waals surface area contributed by atoms with E-state index in [1.807, 2.05) is 25.2 Å². The van der Waals surface area contributed by atoms with Crippen LogP contribution >= 0.6 is 45.5 Å². The van der Waals surface area contributed by atoms with E-state index in [1.165, 1.54) is 4.88 Å². The van der Waals surface area contributed by atoms with Crippen LogP contribution in [0.3, 0.4) is 0 Å². The van der Waals surface area contributed by atoms with Gasteiger partial charge in [-0.05, 0) is 62.6 Å². The zero-order chi connectivity index (χ0) is 23.8. The van der Waals surface area contributed by atoms with E-state index in [1.54, 1.807) is 17.7 Å². The molecule has 6 rings (SSSR count). The van der Waals surface area contributed by atoms with Crippen LogP contribution in [0.2, 0.25) is 4.47 Å². The number of hydrogen-bond donors (Lipinski definition) is 2. The molecule has 1 unspecified atom stereocenters. The molecule has 0 aromatic carbocycles. The Morgan fingerprint density at radius 3 is 2.82 bits per heavy atom. The third-order valence-corrected chi connectivity index (χ3v) is 10.3. The number of thiazole rings is 1. The lowest BCUT2D eigenvalue weighted by atomic mass is 9.73. The Bertz CT molecular complexity index is 1390. The van der Waals surface area contributed by atoms with E-state index in [9.17, 15) is 4.55 Å². The molecule has 4 aromatic rings. The quantitative estimate of drug-likeness (QED) is 0.260. The van der Waals surface area contributed by atoms with Crippen molar-refractivity contribution in [1.82, 2.24) is 39.5 Å². The minimum absolute atomic E-state index is 0.0612. The van der Waals surface area contributed by atoms with Crippen LogP contribution in [-0.4, -0.2) is 57.2 Å². The average Bonchev–Trinajstić information content (AvgIpc) is 3.53. The molecule has 1 aliphatic heterocycles. The van der Waals surface area contributed by atoms with Gasteiger partial charge in [0, 0.05) is 34.7 Å². The number of H-pyrrole nitrogens is 1. The molecule has 0 amide bonds. The Morgan fingerprint density at radius 2 is 2.09 bits per heavy atom. The number of nitrogens with zero attached hydrogens (tertiary/aromatic N) is 7. The fourth-order valence-electron chi connectivity index (χ4n) is 4.99. The van der Waals surface area contributed by atoms with Gasteiger partial charge >= 0.3 is 0 Å². The highest BCUT2D eigenvalue weighted by Gasteiger charge is 2.52. The minimum atomic E-state index is -1.21. The maximum atomic E-state index is 13.1. The first-order valence-electron chi connectivity index (χ1n) is 11.0. The lowest BCUT2D eigenvalue weighted by Gasteiger charge is -2.43. The number of halogens is 2. The second-order valence-electron chi connectivity index (χ2n) is 9.91. The van der Waals surface area contributed by atoms with Crippen LogP contribution in [0.1, 0.15) is 50.2 Å². The summed E-state index contributed by atoms with van der Waals surface area (Å²) in [6, 6.07) is -0.0910. The van der Waals surface area contributed by atoms with Gasteiger partial charge in [-0.3, -0.25) is 9.50 Å². The molecule has 2 aliphatic rings. The Labute approximate surface area is 221 Å². The van der Waals surface area contributed by atoms with Gasteiger partial charge < -0.3 is 9.45 Å². The summed E-state index contributed by atoms with van der Waals surface area (Å²) in [5.74, 6) is 0.793. The van der Waals surface area contributed by atoms with E-state index in [2.05, 4.69) is 57.6 Å². The van der Waals surface area contributed by atoms with Crippen molar-refractivity contribution >= 4 is 79.5 Å². The van der Waals surface area contributed by atoms with E-state index >= 15 is 0 Å². The number of aromatic nitrogens is 7. The second-order valence-corrected chi connectivity index (χ2v) is 14.6. The molecule has 5 heterocycles. The summed E-state index contributed by atoms with van der Waals surface area (Å²) in [4.78, 5) is 13.0. The van der Waals surface area contributed by atoms with Crippen molar-refractivity contribution < 1.29 is 4.55 Å². The van der Waals surface area contributed by atoms with E-state index in [0.717, 1.165) is 58.7 Å². The van der Waals surface area contributed by atoms with Gasteiger partial charge in [0.15, 0.2) is 15.8 Å². The number of rotatable bonds is 3. The highest BCUT2D eigenvalue weighted by Crippen LogP contribution is 2.54. The zero-order valence-electron chi connectivity index (χ0n) is 18.8. The third kappa shape index (κ3) is 3.61. The number of aromatic amines is 1. The standard InChI is InChI=1S/C20H23ClIN9OS2/c1-19(2,3)34(32)29-13-12-10(33-17(21)24-12)8-20(13)4-6-30(7-5-20)18-25-15-11(14(22)26-27-15)16-28-23-9-31(16)18/h9,13,29H,4-8H2,1-3H3,(H,26,27)/t13-,34?/m1/s1. The summed E-state index contributed by atoms with van der Waals surface area (Å²) >= 11 is 8.80. The lowest BCUT2D eigenvalue weighted by molar-refractivity contribution is 0.174. The predicted octanol–water partition coefficient (Wildman–Crippen LogP) is 3.65. The summed E-state index contributed by atoms with van der Waals surface area (Å²) in [6.07, 6.45) is 4.42. The zero-order valence-corrected chi connectivity index (χ0v) is 23.3. The first-order chi connectivity index (χ1) is 16.2. The number of anilines is 1. The molecule has 1 saturated heterocycles. The van der Waals surface area contributed by atoms with Crippen LogP contribution in [0.4, 0.5) is 5.95 Å². The number of hydrogen-bond acceptors (Lipinski definition) is 9. The molecule has 0 saturated carbocycles.